The average molecular weight is 325 g/mol. The van der Waals surface area contributed by atoms with Gasteiger partial charge in [-0.2, -0.15) is 0 Å². The summed E-state index contributed by atoms with van der Waals surface area (Å²) >= 11 is 0. The lowest BCUT2D eigenvalue weighted by Crippen LogP contribution is -2.33. The molecule has 0 unspecified atom stereocenters. The molecule has 0 saturated carbocycles. The molecule has 0 fully saturated rings. The fourth-order valence-electron chi connectivity index (χ4n) is 3.23. The molecule has 0 aromatic heterocycles. The van der Waals surface area contributed by atoms with Gasteiger partial charge >= 0.3 is 0 Å². The summed E-state index contributed by atoms with van der Waals surface area (Å²) in [6, 6.07) is 13.8. The minimum Gasteiger partial charge on any atom is -0.497 e. The van der Waals surface area contributed by atoms with Gasteiger partial charge in [0, 0.05) is 17.8 Å². The lowest BCUT2D eigenvalue weighted by molar-refractivity contribution is -0.118. The van der Waals surface area contributed by atoms with Crippen LogP contribution in [0.15, 0.2) is 42.5 Å². The number of carbonyl (C=O) groups excluding carboxylic acids is 1. The second-order valence-electron chi connectivity index (χ2n) is 5.99. The third-order valence-corrected chi connectivity index (χ3v) is 4.49. The Labute approximate surface area is 143 Å². The molecule has 0 atom stereocenters. The van der Waals surface area contributed by atoms with Crippen molar-refractivity contribution in [2.24, 2.45) is 0 Å². The van der Waals surface area contributed by atoms with E-state index in [1.807, 2.05) is 41.3 Å². The first-order valence-corrected chi connectivity index (χ1v) is 8.32. The number of ether oxygens (including phenoxy) is 2. The first-order chi connectivity index (χ1) is 11.7. The number of hydrogen-bond acceptors (Lipinski definition) is 3. The Kier molecular flexibility index (Phi) is 5.04. The van der Waals surface area contributed by atoms with Crippen molar-refractivity contribution in [2.45, 2.75) is 25.7 Å². The molecule has 1 amide bonds. The standard InChI is InChI=1S/C20H23NO3/c1-23-17-10-11-19(24-2)16(13-17)14-20(22)21-12-6-5-8-15-7-3-4-9-18(15)21/h3-4,7,9-11,13H,5-6,8,12,14H2,1-2H3. The summed E-state index contributed by atoms with van der Waals surface area (Å²) in [5.74, 6) is 1.54. The first kappa shape index (κ1) is 16.4. The van der Waals surface area contributed by atoms with E-state index in [0.29, 0.717) is 12.2 Å². The van der Waals surface area contributed by atoms with Crippen LogP contribution in [0, 0.1) is 0 Å². The van der Waals surface area contributed by atoms with Crippen molar-refractivity contribution in [1.82, 2.24) is 0 Å². The Bertz CT molecular complexity index is 727. The third-order valence-electron chi connectivity index (χ3n) is 4.49. The molecule has 0 aliphatic carbocycles. The lowest BCUT2D eigenvalue weighted by Gasteiger charge is -2.23. The number of fused-ring (bicyclic) bond motifs is 1. The zero-order valence-electron chi connectivity index (χ0n) is 14.2. The van der Waals surface area contributed by atoms with Crippen LogP contribution in [0.2, 0.25) is 0 Å². The van der Waals surface area contributed by atoms with Gasteiger partial charge in [-0.15, -0.1) is 0 Å². The van der Waals surface area contributed by atoms with Crippen molar-refractivity contribution in [3.8, 4) is 11.5 Å². The second-order valence-corrected chi connectivity index (χ2v) is 5.99. The molecule has 0 N–H and O–H groups in total. The molecule has 3 rings (SSSR count). The summed E-state index contributed by atoms with van der Waals surface area (Å²) in [5.41, 5.74) is 3.14. The minimum absolute atomic E-state index is 0.0934. The Morgan fingerprint density at radius 1 is 1.08 bits per heavy atom. The van der Waals surface area contributed by atoms with Crippen LogP contribution in [0.5, 0.6) is 11.5 Å². The molecule has 0 saturated heterocycles. The van der Waals surface area contributed by atoms with E-state index in [1.54, 1.807) is 14.2 Å². The second kappa shape index (κ2) is 7.39. The monoisotopic (exact) mass is 325 g/mol. The number of amides is 1. The van der Waals surface area contributed by atoms with E-state index < -0.39 is 0 Å². The highest BCUT2D eigenvalue weighted by Gasteiger charge is 2.22. The topological polar surface area (TPSA) is 38.8 Å². The van der Waals surface area contributed by atoms with Gasteiger partial charge in [-0.3, -0.25) is 4.79 Å². The van der Waals surface area contributed by atoms with Crippen LogP contribution in [-0.2, 0) is 17.6 Å². The highest BCUT2D eigenvalue weighted by molar-refractivity contribution is 5.96. The predicted molar refractivity (Wildman–Crippen MR) is 95.0 cm³/mol. The molecule has 0 spiro atoms. The predicted octanol–water partition coefficient (Wildman–Crippen LogP) is 3.62. The lowest BCUT2D eigenvalue weighted by atomic mass is 10.1. The number of rotatable bonds is 4. The number of methoxy groups -OCH3 is 2. The molecule has 126 valence electrons. The van der Waals surface area contributed by atoms with Crippen LogP contribution in [-0.4, -0.2) is 26.7 Å². The number of nitrogens with zero attached hydrogens (tertiary/aromatic N) is 1. The van der Waals surface area contributed by atoms with Gasteiger partial charge in [-0.1, -0.05) is 18.2 Å². The van der Waals surface area contributed by atoms with Crippen molar-refractivity contribution in [3.05, 3.63) is 53.6 Å². The van der Waals surface area contributed by atoms with E-state index in [2.05, 4.69) is 6.07 Å². The number of aryl methyl sites for hydroxylation is 1. The van der Waals surface area contributed by atoms with Crippen molar-refractivity contribution < 1.29 is 14.3 Å². The number of hydrogen-bond donors (Lipinski definition) is 0. The molecule has 1 aliphatic rings. The summed E-state index contributed by atoms with van der Waals surface area (Å²) in [4.78, 5) is 14.9. The molecular formula is C20H23NO3. The Balaban J connectivity index is 1.87. The van der Waals surface area contributed by atoms with E-state index in [-0.39, 0.29) is 5.91 Å². The molecule has 0 radical (unpaired) electrons. The Morgan fingerprint density at radius 2 is 1.92 bits per heavy atom. The van der Waals surface area contributed by atoms with Crippen LogP contribution in [0.3, 0.4) is 0 Å². The maximum atomic E-state index is 13.0. The van der Waals surface area contributed by atoms with E-state index in [0.717, 1.165) is 42.8 Å². The minimum atomic E-state index is 0.0934. The Morgan fingerprint density at radius 3 is 2.71 bits per heavy atom. The van der Waals surface area contributed by atoms with E-state index >= 15 is 0 Å². The van der Waals surface area contributed by atoms with Gasteiger partial charge in [0.05, 0.1) is 20.6 Å². The molecular weight excluding hydrogens is 302 g/mol. The smallest absolute Gasteiger partial charge is 0.231 e. The molecule has 4 heteroatoms. The zero-order chi connectivity index (χ0) is 16.9. The molecule has 2 aromatic carbocycles. The number of anilines is 1. The molecule has 24 heavy (non-hydrogen) atoms. The number of para-hydroxylation sites is 1. The van der Waals surface area contributed by atoms with Crippen LogP contribution < -0.4 is 14.4 Å². The maximum Gasteiger partial charge on any atom is 0.231 e. The van der Waals surface area contributed by atoms with Crippen LogP contribution in [0.25, 0.3) is 0 Å². The Hall–Kier alpha value is -2.49. The van der Waals surface area contributed by atoms with Gasteiger partial charge in [-0.25, -0.2) is 0 Å². The number of carbonyl (C=O) groups is 1. The SMILES string of the molecule is COc1ccc(OC)c(CC(=O)N2CCCCc3ccccc32)c1. The van der Waals surface area contributed by atoms with Gasteiger partial charge in [-0.05, 0) is 49.1 Å². The summed E-state index contributed by atoms with van der Waals surface area (Å²) in [6.45, 7) is 0.766. The van der Waals surface area contributed by atoms with Crippen molar-refractivity contribution in [2.75, 3.05) is 25.7 Å². The summed E-state index contributed by atoms with van der Waals surface area (Å²) < 4.78 is 10.7. The normalized spacial score (nSPS) is 13.8. The number of benzene rings is 2. The van der Waals surface area contributed by atoms with E-state index in [1.165, 1.54) is 5.56 Å². The fraction of sp³-hybridized carbons (Fsp3) is 0.350. The largest absolute Gasteiger partial charge is 0.497 e. The van der Waals surface area contributed by atoms with Crippen molar-refractivity contribution >= 4 is 11.6 Å². The highest BCUT2D eigenvalue weighted by atomic mass is 16.5. The zero-order valence-corrected chi connectivity index (χ0v) is 14.2. The van der Waals surface area contributed by atoms with Gasteiger partial charge < -0.3 is 14.4 Å². The summed E-state index contributed by atoms with van der Waals surface area (Å²) in [6.07, 6.45) is 3.47. The summed E-state index contributed by atoms with van der Waals surface area (Å²) in [5, 5.41) is 0. The average Bonchev–Trinajstić information content (AvgIpc) is 2.84. The van der Waals surface area contributed by atoms with E-state index in [4.69, 9.17) is 9.47 Å². The van der Waals surface area contributed by atoms with Gasteiger partial charge in [0.2, 0.25) is 5.91 Å². The van der Waals surface area contributed by atoms with Crippen molar-refractivity contribution in [3.63, 3.8) is 0 Å². The third kappa shape index (κ3) is 3.37. The molecule has 0 bridgehead atoms. The molecule has 2 aromatic rings. The quantitative estimate of drug-likeness (QED) is 0.862. The van der Waals surface area contributed by atoms with Crippen LogP contribution in [0.1, 0.15) is 24.0 Å². The van der Waals surface area contributed by atoms with Crippen LogP contribution in [0.4, 0.5) is 5.69 Å². The highest BCUT2D eigenvalue weighted by Crippen LogP contribution is 2.29. The van der Waals surface area contributed by atoms with Gasteiger partial charge in [0.1, 0.15) is 11.5 Å². The van der Waals surface area contributed by atoms with Crippen LogP contribution >= 0.6 is 0 Å². The van der Waals surface area contributed by atoms with Gasteiger partial charge in [0.15, 0.2) is 0 Å². The van der Waals surface area contributed by atoms with Crippen molar-refractivity contribution in [1.29, 1.82) is 0 Å². The molecule has 1 aliphatic heterocycles. The van der Waals surface area contributed by atoms with E-state index in [9.17, 15) is 4.79 Å². The maximum absolute atomic E-state index is 13.0. The molecule has 1 heterocycles. The first-order valence-electron chi connectivity index (χ1n) is 8.32. The molecule has 4 nitrogen and oxygen atoms in total. The van der Waals surface area contributed by atoms with Gasteiger partial charge in [0.25, 0.3) is 0 Å². The fourth-order valence-corrected chi connectivity index (χ4v) is 3.23. The summed E-state index contributed by atoms with van der Waals surface area (Å²) in [7, 11) is 3.25.